The summed E-state index contributed by atoms with van der Waals surface area (Å²) in [5, 5.41) is 13.0. The van der Waals surface area contributed by atoms with E-state index in [4.69, 9.17) is 4.74 Å². The minimum absolute atomic E-state index is 0.0779. The highest BCUT2D eigenvalue weighted by molar-refractivity contribution is 6.01. The molecule has 3 rings (SSSR count). The van der Waals surface area contributed by atoms with Gasteiger partial charge in [0.25, 0.3) is 5.91 Å². The van der Waals surface area contributed by atoms with Crippen molar-refractivity contribution in [3.05, 3.63) is 24.3 Å². The first-order chi connectivity index (χ1) is 14.5. The summed E-state index contributed by atoms with van der Waals surface area (Å²) in [6.07, 6.45) is 2.66. The van der Waals surface area contributed by atoms with Gasteiger partial charge in [0.05, 0.1) is 18.7 Å². The van der Waals surface area contributed by atoms with Gasteiger partial charge in [-0.1, -0.05) is 0 Å². The number of carbonyl (C=O) groups excluding carboxylic acids is 3. The number of amides is 3. The number of nitrogens with one attached hydrogen (secondary N) is 1. The molecule has 2 aliphatic rings. The van der Waals surface area contributed by atoms with E-state index in [1.54, 1.807) is 46.2 Å². The number of hydrogen-bond acceptors (Lipinski definition) is 7. The van der Waals surface area contributed by atoms with Gasteiger partial charge in [-0.05, 0) is 53.5 Å². The second-order valence-electron chi connectivity index (χ2n) is 9.12. The fourth-order valence-corrected chi connectivity index (χ4v) is 4.45. The Morgan fingerprint density at radius 1 is 1.35 bits per heavy atom. The molecule has 3 unspecified atom stereocenters. The topological polar surface area (TPSA) is 125 Å². The Balaban J connectivity index is 1.75. The molecule has 10 heteroatoms. The number of ether oxygens (including phenoxy) is 1. The monoisotopic (exact) mass is 433 g/mol. The Kier molecular flexibility index (Phi) is 6.22. The van der Waals surface area contributed by atoms with Gasteiger partial charge in [0.15, 0.2) is 0 Å². The number of aliphatic hydroxyl groups excluding tert-OH is 1. The summed E-state index contributed by atoms with van der Waals surface area (Å²) in [6.45, 7) is 9.08. The van der Waals surface area contributed by atoms with Gasteiger partial charge in [-0.15, -0.1) is 0 Å². The first-order valence-electron chi connectivity index (χ1n) is 10.5. The molecule has 4 atom stereocenters. The Labute approximate surface area is 182 Å². The van der Waals surface area contributed by atoms with Crippen molar-refractivity contribution < 1.29 is 24.2 Å². The fourth-order valence-electron chi connectivity index (χ4n) is 4.45. The number of aliphatic hydroxyl groups is 1. The van der Waals surface area contributed by atoms with Gasteiger partial charge in [0.2, 0.25) is 5.91 Å². The number of carbonyl (C=O) groups is 3. The van der Waals surface area contributed by atoms with E-state index in [0.29, 0.717) is 25.2 Å². The Morgan fingerprint density at radius 3 is 2.55 bits per heavy atom. The van der Waals surface area contributed by atoms with Gasteiger partial charge in [0.1, 0.15) is 23.0 Å². The van der Waals surface area contributed by atoms with Crippen molar-refractivity contribution in [2.45, 2.75) is 83.3 Å². The van der Waals surface area contributed by atoms with E-state index in [9.17, 15) is 19.5 Å². The van der Waals surface area contributed by atoms with E-state index in [2.05, 4.69) is 15.3 Å². The largest absolute Gasteiger partial charge is 0.444 e. The Hall–Kier alpha value is -2.75. The van der Waals surface area contributed by atoms with Gasteiger partial charge < -0.3 is 20.1 Å². The average Bonchev–Trinajstić information content (AvgIpc) is 3.17. The highest BCUT2D eigenvalue weighted by Gasteiger charge is 2.67. The predicted molar refractivity (Wildman–Crippen MR) is 111 cm³/mol. The molecule has 2 N–H and O–H groups in total. The van der Waals surface area contributed by atoms with Gasteiger partial charge in [-0.2, -0.15) is 0 Å². The minimum atomic E-state index is -1.10. The van der Waals surface area contributed by atoms with Crippen LogP contribution in [0.15, 0.2) is 18.5 Å². The lowest BCUT2D eigenvalue weighted by Crippen LogP contribution is -2.81. The van der Waals surface area contributed by atoms with E-state index in [1.807, 2.05) is 0 Å². The van der Waals surface area contributed by atoms with Crippen molar-refractivity contribution in [2.24, 2.45) is 0 Å². The lowest BCUT2D eigenvalue weighted by molar-refractivity contribution is -0.183. The first-order valence-corrected chi connectivity index (χ1v) is 10.5. The molecular weight excluding hydrogens is 402 g/mol. The third kappa shape index (κ3) is 4.21. The summed E-state index contributed by atoms with van der Waals surface area (Å²) in [5.41, 5.74) is -1.73. The van der Waals surface area contributed by atoms with Crippen LogP contribution in [0.2, 0.25) is 0 Å². The van der Waals surface area contributed by atoms with Crippen LogP contribution in [0.3, 0.4) is 0 Å². The minimum Gasteiger partial charge on any atom is -0.444 e. The second-order valence-corrected chi connectivity index (χ2v) is 9.12. The molecule has 0 aliphatic carbocycles. The number of hydrogen-bond donors (Lipinski definition) is 2. The molecular formula is C21H31N5O5. The van der Waals surface area contributed by atoms with Crippen LogP contribution in [-0.4, -0.2) is 78.7 Å². The van der Waals surface area contributed by atoms with Crippen molar-refractivity contribution in [2.75, 3.05) is 6.54 Å². The number of β-lactam (4-membered cyclic amide) rings is 1. The summed E-state index contributed by atoms with van der Waals surface area (Å²) in [5.74, 6) is -0.425. The third-order valence-electron chi connectivity index (χ3n) is 5.81. The van der Waals surface area contributed by atoms with Crippen LogP contribution in [0.1, 0.15) is 53.3 Å². The molecule has 10 nitrogen and oxygen atoms in total. The molecule has 1 aromatic rings. The van der Waals surface area contributed by atoms with Crippen molar-refractivity contribution in [3.8, 4) is 0 Å². The van der Waals surface area contributed by atoms with Crippen molar-refractivity contribution in [1.29, 1.82) is 0 Å². The molecule has 0 bridgehead atoms. The van der Waals surface area contributed by atoms with Gasteiger partial charge in [0, 0.05) is 18.9 Å². The Bertz CT molecular complexity index is 840. The second kappa shape index (κ2) is 8.41. The molecule has 1 spiro atoms. The Morgan fingerprint density at radius 2 is 2.00 bits per heavy atom. The van der Waals surface area contributed by atoms with Crippen LogP contribution >= 0.6 is 0 Å². The molecule has 3 heterocycles. The highest BCUT2D eigenvalue weighted by atomic mass is 16.6. The summed E-state index contributed by atoms with van der Waals surface area (Å²) >= 11 is 0. The van der Waals surface area contributed by atoms with Crippen LogP contribution in [0.5, 0.6) is 0 Å². The number of nitrogens with zero attached hydrogens (tertiary/aromatic N) is 4. The van der Waals surface area contributed by atoms with E-state index in [0.717, 1.165) is 0 Å². The summed E-state index contributed by atoms with van der Waals surface area (Å²) < 4.78 is 5.50. The maximum atomic E-state index is 13.4. The van der Waals surface area contributed by atoms with Crippen LogP contribution in [0, 0.1) is 0 Å². The van der Waals surface area contributed by atoms with Gasteiger partial charge >= 0.3 is 6.09 Å². The van der Waals surface area contributed by atoms with E-state index in [-0.39, 0.29) is 12.5 Å². The SMILES string of the molecule is CC1N(C(C(=O)NCc2ncccn2)[C@@H](C)O)C(=O)C12CCCN2C(=O)OC(C)(C)C. The number of likely N-dealkylation sites (tertiary alicyclic amines) is 2. The van der Waals surface area contributed by atoms with Crippen LogP contribution in [0.25, 0.3) is 0 Å². The van der Waals surface area contributed by atoms with E-state index >= 15 is 0 Å². The molecule has 2 saturated heterocycles. The molecule has 170 valence electrons. The highest BCUT2D eigenvalue weighted by Crippen LogP contribution is 2.46. The summed E-state index contributed by atoms with van der Waals surface area (Å²) in [4.78, 5) is 49.9. The van der Waals surface area contributed by atoms with Crippen LogP contribution < -0.4 is 5.32 Å². The molecule has 31 heavy (non-hydrogen) atoms. The molecule has 2 fully saturated rings. The van der Waals surface area contributed by atoms with Crippen LogP contribution in [0.4, 0.5) is 4.79 Å². The molecule has 3 amide bonds. The lowest BCUT2D eigenvalue weighted by Gasteiger charge is -2.58. The molecule has 0 saturated carbocycles. The maximum absolute atomic E-state index is 13.4. The third-order valence-corrected chi connectivity index (χ3v) is 5.81. The zero-order valence-corrected chi connectivity index (χ0v) is 18.7. The van der Waals surface area contributed by atoms with E-state index < -0.39 is 41.3 Å². The maximum Gasteiger partial charge on any atom is 0.411 e. The number of aromatic nitrogens is 2. The first kappa shape index (κ1) is 22.9. The quantitative estimate of drug-likeness (QED) is 0.659. The zero-order chi connectivity index (χ0) is 23.0. The molecule has 1 aromatic heterocycles. The fraction of sp³-hybridized carbons (Fsp3) is 0.667. The van der Waals surface area contributed by atoms with Crippen LogP contribution in [-0.2, 0) is 20.9 Å². The predicted octanol–water partition coefficient (Wildman–Crippen LogP) is 0.843. The van der Waals surface area contributed by atoms with Gasteiger partial charge in [-0.3, -0.25) is 14.5 Å². The lowest BCUT2D eigenvalue weighted by atomic mass is 9.75. The normalized spacial score (nSPS) is 25.2. The van der Waals surface area contributed by atoms with E-state index in [1.165, 1.54) is 16.7 Å². The zero-order valence-electron chi connectivity index (χ0n) is 18.7. The van der Waals surface area contributed by atoms with Gasteiger partial charge in [-0.25, -0.2) is 14.8 Å². The number of rotatable bonds is 5. The molecule has 0 radical (unpaired) electrons. The standard InChI is InChI=1S/C21H31N5O5/c1-13(27)16(17(28)24-12-15-22-9-7-10-23-15)26-14(2)21(18(26)29)8-6-11-25(21)19(30)31-20(3,4)5/h7,9-10,13-14,16,27H,6,8,11-12H2,1-5H3,(H,24,28)/t13-,14?,16?,21?/m1/s1. The average molecular weight is 434 g/mol. The van der Waals surface area contributed by atoms with Crippen molar-refractivity contribution in [3.63, 3.8) is 0 Å². The van der Waals surface area contributed by atoms with Crippen molar-refractivity contribution in [1.82, 2.24) is 25.1 Å². The summed E-state index contributed by atoms with van der Waals surface area (Å²) in [7, 11) is 0. The molecule has 0 aromatic carbocycles. The van der Waals surface area contributed by atoms with Crippen molar-refractivity contribution >= 4 is 17.9 Å². The smallest absolute Gasteiger partial charge is 0.411 e. The molecule has 2 aliphatic heterocycles. The summed E-state index contributed by atoms with van der Waals surface area (Å²) in [6, 6.07) is 0.133.